The van der Waals surface area contributed by atoms with Crippen LogP contribution in [0.2, 0.25) is 0 Å². The summed E-state index contributed by atoms with van der Waals surface area (Å²) >= 11 is 1.46. The van der Waals surface area contributed by atoms with Crippen molar-refractivity contribution in [1.29, 1.82) is 0 Å². The first-order chi connectivity index (χ1) is 6.39. The molecule has 0 spiro atoms. The topological polar surface area (TPSA) is 24.9 Å². The third-order valence-corrected chi connectivity index (χ3v) is 2.57. The van der Waals surface area contributed by atoms with Crippen LogP contribution in [-0.4, -0.2) is 11.5 Å². The fourth-order valence-electron chi connectivity index (χ4n) is 0.919. The van der Waals surface area contributed by atoms with Crippen LogP contribution in [0.15, 0.2) is 5.38 Å². The largest absolute Gasteiger partial charge is 0.361 e. The van der Waals surface area contributed by atoms with Crippen LogP contribution in [0.4, 0.5) is 9.52 Å². The molecule has 0 unspecified atom stereocenters. The highest BCUT2D eigenvalue weighted by Gasteiger charge is 2.22. The fraction of sp³-hybridized carbons (Fsp3) is 0.700. The number of nitrogens with one attached hydrogen (secondary N) is 1. The van der Waals surface area contributed by atoms with Gasteiger partial charge in [0.2, 0.25) is 0 Å². The molecule has 0 saturated heterocycles. The molecule has 1 rings (SSSR count). The summed E-state index contributed by atoms with van der Waals surface area (Å²) < 4.78 is 13.4. The number of aromatic nitrogens is 1. The summed E-state index contributed by atoms with van der Waals surface area (Å²) in [4.78, 5) is 4.19. The predicted octanol–water partition coefficient (Wildman–Crippen LogP) is 3.42. The molecule has 0 amide bonds. The first-order valence-corrected chi connectivity index (χ1v) is 5.66. The van der Waals surface area contributed by atoms with E-state index in [4.69, 9.17) is 0 Å². The van der Waals surface area contributed by atoms with Gasteiger partial charge < -0.3 is 5.32 Å². The van der Waals surface area contributed by atoms with Crippen LogP contribution in [0.1, 0.15) is 33.4 Å². The van der Waals surface area contributed by atoms with Crippen LogP contribution in [-0.2, 0) is 5.67 Å². The molecular formula is C10H17FN2S. The molecule has 1 N–H and O–H groups in total. The van der Waals surface area contributed by atoms with Crippen molar-refractivity contribution in [2.75, 3.05) is 11.9 Å². The molecule has 1 heterocycles. The van der Waals surface area contributed by atoms with Crippen LogP contribution in [0, 0.1) is 5.92 Å². The SMILES string of the molecule is CC(C)CNc1nc(C(C)(C)F)cs1. The Kier molecular flexibility index (Phi) is 3.48. The molecule has 1 aromatic rings. The minimum absolute atomic E-state index is 0.508. The summed E-state index contributed by atoms with van der Waals surface area (Å²) in [6.45, 7) is 8.17. The summed E-state index contributed by atoms with van der Waals surface area (Å²) in [6, 6.07) is 0. The summed E-state index contributed by atoms with van der Waals surface area (Å²) in [5.41, 5.74) is -0.831. The van der Waals surface area contributed by atoms with E-state index in [0.717, 1.165) is 11.7 Å². The van der Waals surface area contributed by atoms with E-state index >= 15 is 0 Å². The van der Waals surface area contributed by atoms with Crippen LogP contribution in [0.25, 0.3) is 0 Å². The van der Waals surface area contributed by atoms with Gasteiger partial charge >= 0.3 is 0 Å². The van der Waals surface area contributed by atoms with Crippen molar-refractivity contribution in [2.45, 2.75) is 33.4 Å². The maximum Gasteiger partial charge on any atom is 0.182 e. The summed E-state index contributed by atoms with van der Waals surface area (Å²) in [6.07, 6.45) is 0. The fourth-order valence-corrected chi connectivity index (χ4v) is 1.79. The van der Waals surface area contributed by atoms with Gasteiger partial charge in [0, 0.05) is 11.9 Å². The Morgan fingerprint density at radius 2 is 2.21 bits per heavy atom. The van der Waals surface area contributed by atoms with Crippen molar-refractivity contribution in [2.24, 2.45) is 5.92 Å². The Hall–Kier alpha value is -0.640. The zero-order chi connectivity index (χ0) is 10.8. The highest BCUT2D eigenvalue weighted by atomic mass is 32.1. The van der Waals surface area contributed by atoms with E-state index in [9.17, 15) is 4.39 Å². The number of hydrogen-bond acceptors (Lipinski definition) is 3. The minimum atomic E-state index is -1.34. The van der Waals surface area contributed by atoms with Gasteiger partial charge in [0.25, 0.3) is 0 Å². The summed E-state index contributed by atoms with van der Waals surface area (Å²) in [7, 11) is 0. The monoisotopic (exact) mass is 216 g/mol. The number of thiazole rings is 1. The maximum atomic E-state index is 13.4. The molecule has 0 aliphatic heterocycles. The molecule has 0 fully saturated rings. The van der Waals surface area contributed by atoms with Gasteiger partial charge in [-0.05, 0) is 19.8 Å². The Labute approximate surface area is 88.6 Å². The number of rotatable bonds is 4. The van der Waals surface area contributed by atoms with Crippen molar-refractivity contribution in [3.63, 3.8) is 0 Å². The van der Waals surface area contributed by atoms with E-state index in [1.807, 2.05) is 0 Å². The number of halogens is 1. The highest BCUT2D eigenvalue weighted by molar-refractivity contribution is 7.13. The number of hydrogen-bond donors (Lipinski definition) is 1. The van der Waals surface area contributed by atoms with E-state index in [0.29, 0.717) is 11.6 Å². The lowest BCUT2D eigenvalue weighted by Crippen LogP contribution is -2.11. The van der Waals surface area contributed by atoms with Gasteiger partial charge in [-0.15, -0.1) is 11.3 Å². The molecule has 0 aliphatic rings. The second-order valence-corrected chi connectivity index (χ2v) is 5.14. The third-order valence-electron chi connectivity index (χ3n) is 1.77. The molecule has 0 atom stereocenters. The van der Waals surface area contributed by atoms with Crippen molar-refractivity contribution in [1.82, 2.24) is 4.98 Å². The standard InChI is InChI=1S/C10H17FN2S/c1-7(2)5-12-9-13-8(6-14-9)10(3,4)11/h6-7H,5H2,1-4H3,(H,12,13). The van der Waals surface area contributed by atoms with Gasteiger partial charge in [0.05, 0.1) is 5.69 Å². The highest BCUT2D eigenvalue weighted by Crippen LogP contribution is 2.27. The van der Waals surface area contributed by atoms with Crippen LogP contribution in [0.5, 0.6) is 0 Å². The van der Waals surface area contributed by atoms with E-state index in [1.165, 1.54) is 25.2 Å². The first kappa shape index (κ1) is 11.4. The normalized spacial score (nSPS) is 12.1. The Morgan fingerprint density at radius 3 is 2.64 bits per heavy atom. The molecule has 2 nitrogen and oxygen atoms in total. The molecule has 1 aromatic heterocycles. The molecule has 0 aromatic carbocycles. The lowest BCUT2D eigenvalue weighted by Gasteiger charge is -2.09. The third kappa shape index (κ3) is 3.25. The van der Waals surface area contributed by atoms with E-state index in [1.54, 1.807) is 5.38 Å². The molecule has 0 saturated carbocycles. The maximum absolute atomic E-state index is 13.4. The summed E-state index contributed by atoms with van der Waals surface area (Å²) in [5.74, 6) is 0.570. The average molecular weight is 216 g/mol. The van der Waals surface area contributed by atoms with Gasteiger partial charge in [0.1, 0.15) is 5.67 Å². The number of alkyl halides is 1. The zero-order valence-corrected chi connectivity index (χ0v) is 9.91. The van der Waals surface area contributed by atoms with Crippen molar-refractivity contribution in [3.8, 4) is 0 Å². The first-order valence-electron chi connectivity index (χ1n) is 4.78. The van der Waals surface area contributed by atoms with E-state index in [-0.39, 0.29) is 0 Å². The lowest BCUT2D eigenvalue weighted by atomic mass is 10.1. The summed E-state index contributed by atoms with van der Waals surface area (Å²) in [5, 5.41) is 5.75. The van der Waals surface area contributed by atoms with Crippen molar-refractivity contribution in [3.05, 3.63) is 11.1 Å². The van der Waals surface area contributed by atoms with Crippen LogP contribution in [0.3, 0.4) is 0 Å². The van der Waals surface area contributed by atoms with Crippen LogP contribution < -0.4 is 5.32 Å². The molecular weight excluding hydrogens is 199 g/mol. The molecule has 80 valence electrons. The van der Waals surface area contributed by atoms with Crippen LogP contribution >= 0.6 is 11.3 Å². The van der Waals surface area contributed by atoms with E-state index in [2.05, 4.69) is 24.1 Å². The second-order valence-electron chi connectivity index (χ2n) is 4.29. The Morgan fingerprint density at radius 1 is 1.57 bits per heavy atom. The van der Waals surface area contributed by atoms with Crippen molar-refractivity contribution < 1.29 is 4.39 Å². The van der Waals surface area contributed by atoms with Gasteiger partial charge in [0.15, 0.2) is 5.13 Å². The zero-order valence-electron chi connectivity index (χ0n) is 9.10. The van der Waals surface area contributed by atoms with Crippen molar-refractivity contribution >= 4 is 16.5 Å². The Balaban J connectivity index is 2.60. The molecule has 0 radical (unpaired) electrons. The molecule has 0 bridgehead atoms. The Bertz CT molecular complexity index is 289. The molecule has 4 heteroatoms. The molecule has 0 aliphatic carbocycles. The van der Waals surface area contributed by atoms with Gasteiger partial charge in [-0.1, -0.05) is 13.8 Å². The smallest absolute Gasteiger partial charge is 0.182 e. The van der Waals surface area contributed by atoms with Gasteiger partial charge in [-0.25, -0.2) is 9.37 Å². The van der Waals surface area contributed by atoms with Gasteiger partial charge in [-0.3, -0.25) is 0 Å². The van der Waals surface area contributed by atoms with Gasteiger partial charge in [-0.2, -0.15) is 0 Å². The predicted molar refractivity (Wildman–Crippen MR) is 59.6 cm³/mol. The quantitative estimate of drug-likeness (QED) is 0.834. The average Bonchev–Trinajstić information content (AvgIpc) is 2.47. The van der Waals surface area contributed by atoms with E-state index < -0.39 is 5.67 Å². The number of anilines is 1. The number of nitrogens with zero attached hydrogens (tertiary/aromatic N) is 1. The second kappa shape index (κ2) is 4.26. The molecule has 14 heavy (non-hydrogen) atoms. The lowest BCUT2D eigenvalue weighted by molar-refractivity contribution is 0.215. The minimum Gasteiger partial charge on any atom is -0.361 e.